The highest BCUT2D eigenvalue weighted by molar-refractivity contribution is 5.99. The lowest BCUT2D eigenvalue weighted by molar-refractivity contribution is -0.153. The van der Waals surface area contributed by atoms with Gasteiger partial charge in [-0.25, -0.2) is 9.59 Å². The highest BCUT2D eigenvalue weighted by atomic mass is 16.6. The molecule has 0 aromatic rings. The highest BCUT2D eigenvalue weighted by Crippen LogP contribution is 2.28. The van der Waals surface area contributed by atoms with Gasteiger partial charge in [0.2, 0.25) is 11.8 Å². The Morgan fingerprint density at radius 2 is 1.02 bits per heavy atom. The number of hydrogen-bond acceptors (Lipinski definition) is 9. The first-order valence-electron chi connectivity index (χ1n) is 16.4. The summed E-state index contributed by atoms with van der Waals surface area (Å²) in [6.45, 7) is 16.3. The quantitative estimate of drug-likeness (QED) is 0.265. The maximum atomic E-state index is 12.4. The molecule has 4 rings (SSSR count). The second-order valence-corrected chi connectivity index (χ2v) is 14.2. The molecule has 4 saturated heterocycles. The summed E-state index contributed by atoms with van der Waals surface area (Å²) in [7, 11) is 0. The summed E-state index contributed by atoms with van der Waals surface area (Å²) < 4.78 is 15.7. The Labute approximate surface area is 271 Å². The van der Waals surface area contributed by atoms with Crippen molar-refractivity contribution in [3.63, 3.8) is 0 Å². The number of ether oxygens (including phenoxy) is 3. The molecule has 2 atom stereocenters. The molecular formula is C32H52N4O10. The summed E-state index contributed by atoms with van der Waals surface area (Å²) in [6, 6.07) is 0.103. The third kappa shape index (κ3) is 9.96. The van der Waals surface area contributed by atoms with E-state index in [4.69, 9.17) is 19.3 Å². The van der Waals surface area contributed by atoms with Crippen LogP contribution in [0.1, 0.15) is 87.0 Å². The van der Waals surface area contributed by atoms with Gasteiger partial charge in [0.25, 0.3) is 0 Å². The molecule has 0 saturated carbocycles. The Hall–Kier alpha value is -3.58. The van der Waals surface area contributed by atoms with Gasteiger partial charge in [0, 0.05) is 51.4 Å². The van der Waals surface area contributed by atoms with E-state index < -0.39 is 35.0 Å². The van der Waals surface area contributed by atoms with Gasteiger partial charge < -0.3 is 38.9 Å². The minimum absolute atomic E-state index is 0.0236. The third-order valence-corrected chi connectivity index (χ3v) is 8.46. The number of likely N-dealkylation sites (tertiary alicyclic amines) is 4. The summed E-state index contributed by atoms with van der Waals surface area (Å²) in [5, 5.41) is 9.01. The van der Waals surface area contributed by atoms with Gasteiger partial charge in [0.1, 0.15) is 23.0 Å². The molecule has 0 aromatic carbocycles. The van der Waals surface area contributed by atoms with Crippen LogP contribution in [0.2, 0.25) is 0 Å². The molecule has 4 amide bonds. The van der Waals surface area contributed by atoms with Gasteiger partial charge in [-0.3, -0.25) is 19.2 Å². The van der Waals surface area contributed by atoms with Crippen molar-refractivity contribution in [2.45, 2.75) is 110 Å². The number of amides is 4. The van der Waals surface area contributed by atoms with Crippen LogP contribution in [0.3, 0.4) is 0 Å². The third-order valence-electron chi connectivity index (χ3n) is 8.46. The van der Waals surface area contributed by atoms with Crippen LogP contribution in [0, 0.1) is 11.8 Å². The first-order chi connectivity index (χ1) is 21.4. The Morgan fingerprint density at radius 1 is 0.652 bits per heavy atom. The van der Waals surface area contributed by atoms with Gasteiger partial charge in [-0.05, 0) is 87.0 Å². The SMILES string of the molecule is CC(C)(C)OC(=O)N1CCC(N2CCC(C(=O)O)C2=O)CC1.CCOC(=O)C1CCN(C2CCN(C(=O)OC(C)(C)C)CC2)C1=O. The standard InChI is InChI=1S/C17H28N2O5.C15H24N2O5/c1-5-23-15(21)13-8-11-19(14(13)20)12-6-9-18(10-7-12)16(22)24-17(2,3)4;1-15(2,3)22-14(21)16-7-4-10(5-8-16)17-9-6-11(12(17)18)13(19)20/h12-13H,5-11H2,1-4H3;10-11H,4-9H2,1-3H3,(H,19,20). The molecule has 14 nitrogen and oxygen atoms in total. The summed E-state index contributed by atoms with van der Waals surface area (Å²) >= 11 is 0. The van der Waals surface area contributed by atoms with Crippen molar-refractivity contribution in [3.05, 3.63) is 0 Å². The van der Waals surface area contributed by atoms with E-state index in [1.807, 2.05) is 41.5 Å². The fourth-order valence-corrected chi connectivity index (χ4v) is 6.19. The van der Waals surface area contributed by atoms with E-state index in [0.29, 0.717) is 77.8 Å². The lowest BCUT2D eigenvalue weighted by Crippen LogP contribution is -2.49. The predicted octanol–water partition coefficient (Wildman–Crippen LogP) is 3.12. The minimum Gasteiger partial charge on any atom is -0.481 e. The van der Waals surface area contributed by atoms with E-state index in [0.717, 1.165) is 0 Å². The van der Waals surface area contributed by atoms with Crippen molar-refractivity contribution in [3.8, 4) is 0 Å². The number of aliphatic carboxylic acids is 1. The number of carbonyl (C=O) groups excluding carboxylic acids is 5. The van der Waals surface area contributed by atoms with Gasteiger partial charge in [0.15, 0.2) is 0 Å². The molecule has 0 aliphatic carbocycles. The molecule has 0 spiro atoms. The van der Waals surface area contributed by atoms with Crippen molar-refractivity contribution < 1.29 is 48.1 Å². The first-order valence-corrected chi connectivity index (χ1v) is 16.4. The number of esters is 1. The predicted molar refractivity (Wildman–Crippen MR) is 166 cm³/mol. The number of carboxylic acids is 1. The maximum Gasteiger partial charge on any atom is 0.410 e. The van der Waals surface area contributed by atoms with Gasteiger partial charge >= 0.3 is 24.1 Å². The number of carbonyl (C=O) groups is 6. The molecule has 14 heteroatoms. The molecule has 0 aromatic heterocycles. The Kier molecular flexibility index (Phi) is 12.3. The molecule has 46 heavy (non-hydrogen) atoms. The van der Waals surface area contributed by atoms with Crippen LogP contribution < -0.4 is 0 Å². The Balaban J connectivity index is 0.000000251. The molecule has 4 fully saturated rings. The highest BCUT2D eigenvalue weighted by Gasteiger charge is 2.43. The van der Waals surface area contributed by atoms with E-state index >= 15 is 0 Å². The zero-order valence-corrected chi connectivity index (χ0v) is 28.4. The number of carboxylic acid groups (broad SMARTS) is 1. The first kappa shape index (κ1) is 36.9. The topological polar surface area (TPSA) is 163 Å². The van der Waals surface area contributed by atoms with Crippen LogP contribution in [0.5, 0.6) is 0 Å². The van der Waals surface area contributed by atoms with Gasteiger partial charge in [-0.1, -0.05) is 0 Å². The largest absolute Gasteiger partial charge is 0.481 e. The van der Waals surface area contributed by atoms with Crippen molar-refractivity contribution >= 4 is 35.9 Å². The normalized spacial score (nSPS) is 23.2. The van der Waals surface area contributed by atoms with E-state index in [1.54, 1.807) is 26.5 Å². The molecule has 260 valence electrons. The lowest BCUT2D eigenvalue weighted by Gasteiger charge is -2.37. The van der Waals surface area contributed by atoms with Gasteiger partial charge in [-0.15, -0.1) is 0 Å². The van der Waals surface area contributed by atoms with Crippen LogP contribution in [0.4, 0.5) is 9.59 Å². The summed E-state index contributed by atoms with van der Waals surface area (Å²) in [4.78, 5) is 78.2. The minimum atomic E-state index is -1.04. The summed E-state index contributed by atoms with van der Waals surface area (Å²) in [5.41, 5.74) is -1.03. The molecular weight excluding hydrogens is 600 g/mol. The number of piperidine rings is 2. The summed E-state index contributed by atoms with van der Waals surface area (Å²) in [5.74, 6) is -3.44. The second-order valence-electron chi connectivity index (χ2n) is 14.2. The number of nitrogens with zero attached hydrogens (tertiary/aromatic N) is 4. The lowest BCUT2D eigenvalue weighted by atomic mass is 10.0. The van der Waals surface area contributed by atoms with Crippen LogP contribution in [-0.4, -0.2) is 130 Å². The molecule has 4 heterocycles. The van der Waals surface area contributed by atoms with Crippen molar-refractivity contribution in [2.24, 2.45) is 11.8 Å². The van der Waals surface area contributed by atoms with E-state index in [-0.39, 0.29) is 42.7 Å². The van der Waals surface area contributed by atoms with Gasteiger partial charge in [0.05, 0.1) is 6.61 Å². The number of hydrogen-bond donors (Lipinski definition) is 1. The average molecular weight is 653 g/mol. The van der Waals surface area contributed by atoms with Crippen LogP contribution >= 0.6 is 0 Å². The number of rotatable bonds is 5. The van der Waals surface area contributed by atoms with Crippen LogP contribution in [-0.2, 0) is 33.4 Å². The second kappa shape index (κ2) is 15.3. The van der Waals surface area contributed by atoms with Gasteiger partial charge in [-0.2, -0.15) is 0 Å². The van der Waals surface area contributed by atoms with E-state index in [1.165, 1.54) is 0 Å². The average Bonchev–Trinajstić information content (AvgIpc) is 3.54. The van der Waals surface area contributed by atoms with Crippen molar-refractivity contribution in [2.75, 3.05) is 45.9 Å². The van der Waals surface area contributed by atoms with E-state index in [2.05, 4.69) is 0 Å². The molecule has 4 aliphatic rings. The summed E-state index contributed by atoms with van der Waals surface area (Å²) in [6.07, 6.45) is 3.00. The Morgan fingerprint density at radius 3 is 1.35 bits per heavy atom. The fourth-order valence-electron chi connectivity index (χ4n) is 6.19. The van der Waals surface area contributed by atoms with Crippen LogP contribution in [0.25, 0.3) is 0 Å². The zero-order valence-electron chi connectivity index (χ0n) is 28.4. The zero-order chi connectivity index (χ0) is 34.4. The van der Waals surface area contributed by atoms with Crippen molar-refractivity contribution in [1.29, 1.82) is 0 Å². The maximum absolute atomic E-state index is 12.4. The van der Waals surface area contributed by atoms with Crippen LogP contribution in [0.15, 0.2) is 0 Å². The monoisotopic (exact) mass is 652 g/mol. The Bertz CT molecular complexity index is 1130. The fraction of sp³-hybridized carbons (Fsp3) is 0.812. The van der Waals surface area contributed by atoms with Crippen molar-refractivity contribution in [1.82, 2.24) is 19.6 Å². The smallest absolute Gasteiger partial charge is 0.410 e. The van der Waals surface area contributed by atoms with E-state index in [9.17, 15) is 28.8 Å². The molecule has 1 N–H and O–H groups in total. The molecule has 2 unspecified atom stereocenters. The molecule has 4 aliphatic heterocycles. The molecule has 0 radical (unpaired) electrons. The molecule has 0 bridgehead atoms.